The zero-order chi connectivity index (χ0) is 11.5. The summed E-state index contributed by atoms with van der Waals surface area (Å²) in [4.78, 5) is 22.9. The zero-order valence-corrected chi connectivity index (χ0v) is 8.86. The third kappa shape index (κ3) is 2.11. The molecule has 1 aromatic carbocycles. The summed E-state index contributed by atoms with van der Waals surface area (Å²) in [5, 5.41) is 5.15. The van der Waals surface area contributed by atoms with Crippen molar-refractivity contribution in [1.29, 1.82) is 0 Å². The summed E-state index contributed by atoms with van der Waals surface area (Å²) in [7, 11) is 0. The summed E-state index contributed by atoms with van der Waals surface area (Å²) >= 11 is 0. The van der Waals surface area contributed by atoms with Crippen LogP contribution >= 0.6 is 0 Å². The van der Waals surface area contributed by atoms with E-state index in [1.54, 1.807) is 13.0 Å². The molecule has 1 fully saturated rings. The number of piperazine rings is 1. The van der Waals surface area contributed by atoms with E-state index in [0.29, 0.717) is 0 Å². The smallest absolute Gasteiger partial charge is 0.268 e. The van der Waals surface area contributed by atoms with Gasteiger partial charge in [0.15, 0.2) is 0 Å². The topological polar surface area (TPSA) is 58.2 Å². The van der Waals surface area contributed by atoms with Crippen LogP contribution in [-0.2, 0) is 9.59 Å². The summed E-state index contributed by atoms with van der Waals surface area (Å²) in [6.45, 7) is 1.65. The number of rotatable bonds is 1. The molecule has 0 radical (unpaired) electrons. The molecule has 0 spiro atoms. The fraction of sp³-hybridized carbons (Fsp3) is 0.167. The number of hydrogen-bond donors (Lipinski definition) is 2. The van der Waals surface area contributed by atoms with E-state index in [2.05, 4.69) is 10.6 Å². The Labute approximate surface area is 93.3 Å². The minimum atomic E-state index is -0.472. The van der Waals surface area contributed by atoms with Crippen molar-refractivity contribution in [2.45, 2.75) is 13.0 Å². The van der Waals surface area contributed by atoms with Gasteiger partial charge in [-0.1, -0.05) is 30.3 Å². The number of hydrogen-bond acceptors (Lipinski definition) is 2. The fourth-order valence-corrected chi connectivity index (χ4v) is 1.46. The molecule has 1 saturated heterocycles. The van der Waals surface area contributed by atoms with Crippen molar-refractivity contribution >= 4 is 17.9 Å². The van der Waals surface area contributed by atoms with Crippen molar-refractivity contribution in [2.75, 3.05) is 0 Å². The Morgan fingerprint density at radius 2 is 1.88 bits per heavy atom. The lowest BCUT2D eigenvalue weighted by Crippen LogP contribution is -2.53. The highest BCUT2D eigenvalue weighted by molar-refractivity contribution is 6.07. The largest absolute Gasteiger partial charge is 0.339 e. The number of carbonyl (C=O) groups is 2. The molecule has 4 heteroatoms. The van der Waals surface area contributed by atoms with Crippen LogP contribution in [0.3, 0.4) is 0 Å². The van der Waals surface area contributed by atoms with Crippen LogP contribution in [0.15, 0.2) is 36.0 Å². The quantitative estimate of drug-likeness (QED) is 0.677. The van der Waals surface area contributed by atoms with E-state index in [1.165, 1.54) is 0 Å². The first-order valence-corrected chi connectivity index (χ1v) is 5.05. The maximum Gasteiger partial charge on any atom is 0.268 e. The van der Waals surface area contributed by atoms with Gasteiger partial charge < -0.3 is 10.6 Å². The molecule has 2 rings (SSSR count). The van der Waals surface area contributed by atoms with Gasteiger partial charge in [-0.3, -0.25) is 9.59 Å². The van der Waals surface area contributed by atoms with Gasteiger partial charge >= 0.3 is 0 Å². The molecule has 0 saturated carbocycles. The molecule has 1 aromatic rings. The van der Waals surface area contributed by atoms with Crippen LogP contribution in [0.4, 0.5) is 0 Å². The molecule has 1 atom stereocenters. The van der Waals surface area contributed by atoms with Crippen LogP contribution in [0.2, 0.25) is 0 Å². The highest BCUT2D eigenvalue weighted by atomic mass is 16.2. The second-order valence-electron chi connectivity index (χ2n) is 3.65. The van der Waals surface area contributed by atoms with Gasteiger partial charge in [0, 0.05) is 0 Å². The van der Waals surface area contributed by atoms with Crippen molar-refractivity contribution in [3.05, 3.63) is 41.6 Å². The first kappa shape index (κ1) is 10.4. The number of benzene rings is 1. The summed E-state index contributed by atoms with van der Waals surface area (Å²) in [6.07, 6.45) is 1.65. The zero-order valence-electron chi connectivity index (χ0n) is 8.86. The molecule has 0 aliphatic carbocycles. The van der Waals surface area contributed by atoms with Crippen LogP contribution in [0.1, 0.15) is 12.5 Å². The third-order valence-electron chi connectivity index (χ3n) is 2.35. The molecule has 2 N–H and O–H groups in total. The molecule has 16 heavy (non-hydrogen) atoms. The Bertz CT molecular complexity index is 451. The lowest BCUT2D eigenvalue weighted by Gasteiger charge is -2.21. The lowest BCUT2D eigenvalue weighted by molar-refractivity contribution is -0.130. The van der Waals surface area contributed by atoms with E-state index in [4.69, 9.17) is 0 Å². The Balaban J connectivity index is 2.25. The second kappa shape index (κ2) is 4.18. The SMILES string of the molecule is C[C@@H]1NC(=O)/C(=C\c2ccccc2)NC1=O. The summed E-state index contributed by atoms with van der Waals surface area (Å²) in [5.41, 5.74) is 1.16. The molecule has 1 aliphatic heterocycles. The summed E-state index contributed by atoms with van der Waals surface area (Å²) in [6, 6.07) is 8.90. The van der Waals surface area contributed by atoms with E-state index in [-0.39, 0.29) is 17.5 Å². The second-order valence-corrected chi connectivity index (χ2v) is 3.65. The van der Waals surface area contributed by atoms with Crippen LogP contribution in [0.5, 0.6) is 0 Å². The highest BCUT2D eigenvalue weighted by Crippen LogP contribution is 2.07. The molecule has 82 valence electrons. The Kier molecular flexibility index (Phi) is 2.72. The molecule has 1 heterocycles. The summed E-state index contributed by atoms with van der Waals surface area (Å²) < 4.78 is 0. The number of nitrogens with one attached hydrogen (secondary N) is 2. The van der Waals surface area contributed by atoms with E-state index >= 15 is 0 Å². The Morgan fingerprint density at radius 3 is 2.56 bits per heavy atom. The molecule has 4 nitrogen and oxygen atoms in total. The highest BCUT2D eigenvalue weighted by Gasteiger charge is 2.25. The van der Waals surface area contributed by atoms with Gasteiger partial charge in [-0.15, -0.1) is 0 Å². The van der Waals surface area contributed by atoms with Gasteiger partial charge in [-0.2, -0.15) is 0 Å². The normalized spacial score (nSPS) is 22.8. The predicted octanol–water partition coefficient (Wildman–Crippen LogP) is 0.662. The molecule has 1 aliphatic rings. The molecule has 0 aromatic heterocycles. The monoisotopic (exact) mass is 216 g/mol. The van der Waals surface area contributed by atoms with E-state index in [1.807, 2.05) is 30.3 Å². The van der Waals surface area contributed by atoms with Gasteiger partial charge in [0.1, 0.15) is 11.7 Å². The first-order chi connectivity index (χ1) is 7.66. The van der Waals surface area contributed by atoms with Crippen LogP contribution in [0.25, 0.3) is 6.08 Å². The van der Waals surface area contributed by atoms with Crippen LogP contribution in [0, 0.1) is 0 Å². The standard InChI is InChI=1S/C12H12N2O2/c1-8-11(15)14-10(12(16)13-8)7-9-5-3-2-4-6-9/h2-8H,1H3,(H,13,16)(H,14,15)/b10-7+/t8-/m0/s1. The number of carbonyl (C=O) groups excluding carboxylic acids is 2. The van der Waals surface area contributed by atoms with E-state index in [9.17, 15) is 9.59 Å². The minimum Gasteiger partial charge on any atom is -0.339 e. The maximum atomic E-state index is 11.6. The van der Waals surface area contributed by atoms with Gasteiger partial charge in [-0.05, 0) is 18.6 Å². The van der Waals surface area contributed by atoms with Crippen molar-refractivity contribution in [3.8, 4) is 0 Å². The molecule has 2 amide bonds. The van der Waals surface area contributed by atoms with E-state index < -0.39 is 6.04 Å². The van der Waals surface area contributed by atoms with E-state index in [0.717, 1.165) is 5.56 Å². The first-order valence-electron chi connectivity index (χ1n) is 5.05. The lowest BCUT2D eigenvalue weighted by atomic mass is 10.1. The Hall–Kier alpha value is -2.10. The van der Waals surface area contributed by atoms with Crippen molar-refractivity contribution in [2.24, 2.45) is 0 Å². The van der Waals surface area contributed by atoms with Gasteiger partial charge in [0.2, 0.25) is 5.91 Å². The van der Waals surface area contributed by atoms with Gasteiger partial charge in [0.05, 0.1) is 0 Å². The third-order valence-corrected chi connectivity index (χ3v) is 2.35. The molecular weight excluding hydrogens is 204 g/mol. The molecule has 0 unspecified atom stereocenters. The van der Waals surface area contributed by atoms with Crippen molar-refractivity contribution < 1.29 is 9.59 Å². The Morgan fingerprint density at radius 1 is 1.19 bits per heavy atom. The van der Waals surface area contributed by atoms with Crippen LogP contribution in [-0.4, -0.2) is 17.9 Å². The summed E-state index contributed by atoms with van der Waals surface area (Å²) in [5.74, 6) is -0.447. The van der Waals surface area contributed by atoms with Gasteiger partial charge in [-0.25, -0.2) is 0 Å². The van der Waals surface area contributed by atoms with Crippen LogP contribution < -0.4 is 10.6 Å². The number of amides is 2. The molecular formula is C12H12N2O2. The van der Waals surface area contributed by atoms with Crippen molar-refractivity contribution in [3.63, 3.8) is 0 Å². The maximum absolute atomic E-state index is 11.6. The molecule has 0 bridgehead atoms. The van der Waals surface area contributed by atoms with Crippen molar-refractivity contribution in [1.82, 2.24) is 10.6 Å². The average molecular weight is 216 g/mol. The van der Waals surface area contributed by atoms with Gasteiger partial charge in [0.25, 0.3) is 5.91 Å². The minimum absolute atomic E-state index is 0.193. The predicted molar refractivity (Wildman–Crippen MR) is 60.2 cm³/mol. The fourth-order valence-electron chi connectivity index (χ4n) is 1.46. The average Bonchev–Trinajstić information content (AvgIpc) is 2.27.